The van der Waals surface area contributed by atoms with Gasteiger partial charge in [-0.2, -0.15) is 0 Å². The van der Waals surface area contributed by atoms with E-state index in [4.69, 9.17) is 14.2 Å². The normalized spacial score (nSPS) is 15.5. The summed E-state index contributed by atoms with van der Waals surface area (Å²) in [6, 6.07) is 13.3. The highest BCUT2D eigenvalue weighted by Crippen LogP contribution is 2.46. The van der Waals surface area contributed by atoms with Gasteiger partial charge in [0.05, 0.1) is 11.7 Å². The van der Waals surface area contributed by atoms with E-state index in [1.165, 1.54) is 5.56 Å². The van der Waals surface area contributed by atoms with Crippen molar-refractivity contribution in [2.75, 3.05) is 18.6 Å². The van der Waals surface area contributed by atoms with Gasteiger partial charge in [-0.15, -0.1) is 23.5 Å². The van der Waals surface area contributed by atoms with E-state index in [1.54, 1.807) is 20.1 Å². The number of benzene rings is 2. The van der Waals surface area contributed by atoms with Crippen LogP contribution in [0.1, 0.15) is 22.6 Å². The van der Waals surface area contributed by atoms with Crippen molar-refractivity contribution in [1.82, 2.24) is 0 Å². The van der Waals surface area contributed by atoms with Gasteiger partial charge in [0.25, 0.3) is 0 Å². The molecule has 1 atom stereocenters. The zero-order chi connectivity index (χ0) is 18.5. The molecule has 26 heavy (non-hydrogen) atoms. The van der Waals surface area contributed by atoms with Crippen LogP contribution in [0.4, 0.5) is 0 Å². The number of carbonyl (C=O) groups is 1. The molecule has 0 amide bonds. The number of carbonyl (C=O) groups excluding carboxylic acids is 1. The lowest BCUT2D eigenvalue weighted by molar-refractivity contribution is -0.141. The Balaban J connectivity index is 1.67. The highest BCUT2D eigenvalue weighted by atomic mass is 32.2. The van der Waals surface area contributed by atoms with E-state index in [2.05, 4.69) is 0 Å². The molecule has 138 valence electrons. The van der Waals surface area contributed by atoms with Crippen LogP contribution >= 0.6 is 23.5 Å². The average molecular weight is 391 g/mol. The maximum atomic E-state index is 12.4. The first kappa shape index (κ1) is 19.0. The summed E-state index contributed by atoms with van der Waals surface area (Å²) in [4.78, 5) is 12.4. The van der Waals surface area contributed by atoms with Gasteiger partial charge in [0.2, 0.25) is 0 Å². The molecule has 2 aromatic carbocycles. The number of hydrogen-bond donors (Lipinski definition) is 0. The van der Waals surface area contributed by atoms with Gasteiger partial charge in [-0.25, -0.2) is 4.79 Å². The van der Waals surface area contributed by atoms with Crippen LogP contribution in [-0.2, 0) is 4.79 Å². The van der Waals surface area contributed by atoms with E-state index in [1.807, 2.05) is 66.8 Å². The maximum absolute atomic E-state index is 12.4. The van der Waals surface area contributed by atoms with E-state index in [0.717, 1.165) is 17.1 Å². The zero-order valence-electron chi connectivity index (χ0n) is 15.1. The van der Waals surface area contributed by atoms with Crippen LogP contribution < -0.4 is 14.2 Å². The van der Waals surface area contributed by atoms with Crippen LogP contribution in [0.2, 0.25) is 0 Å². The van der Waals surface area contributed by atoms with Crippen molar-refractivity contribution in [2.45, 2.75) is 24.5 Å². The van der Waals surface area contributed by atoms with Crippen molar-refractivity contribution in [3.63, 3.8) is 0 Å². The first-order valence-corrected chi connectivity index (χ1v) is 10.5. The lowest BCUT2D eigenvalue weighted by Gasteiger charge is -2.17. The molecule has 1 aliphatic heterocycles. The number of methoxy groups -OCH3 is 1. The predicted molar refractivity (Wildman–Crippen MR) is 108 cm³/mol. The Kier molecular flexibility index (Phi) is 6.38. The molecule has 0 unspecified atom stereocenters. The molecule has 4 nitrogen and oxygen atoms in total. The van der Waals surface area contributed by atoms with Crippen molar-refractivity contribution in [3.8, 4) is 17.2 Å². The highest BCUT2D eigenvalue weighted by molar-refractivity contribution is 8.19. The largest absolute Gasteiger partial charge is 0.493 e. The van der Waals surface area contributed by atoms with Gasteiger partial charge in [0, 0.05) is 11.5 Å². The molecule has 0 bridgehead atoms. The summed E-state index contributed by atoms with van der Waals surface area (Å²) < 4.78 is 17.0. The third-order valence-corrected chi connectivity index (χ3v) is 7.03. The van der Waals surface area contributed by atoms with Gasteiger partial charge in [-0.1, -0.05) is 18.2 Å². The van der Waals surface area contributed by atoms with Crippen molar-refractivity contribution < 1.29 is 19.0 Å². The second-order valence-corrected chi connectivity index (χ2v) is 8.71. The molecule has 0 aromatic heterocycles. The van der Waals surface area contributed by atoms with Gasteiger partial charge in [0.1, 0.15) is 5.75 Å². The minimum Gasteiger partial charge on any atom is -0.493 e. The van der Waals surface area contributed by atoms with E-state index < -0.39 is 12.1 Å². The molecule has 0 spiro atoms. The average Bonchev–Trinajstić information content (AvgIpc) is 3.16. The Hall–Kier alpha value is -1.79. The van der Waals surface area contributed by atoms with Crippen LogP contribution in [0.3, 0.4) is 0 Å². The van der Waals surface area contributed by atoms with Crippen molar-refractivity contribution in [1.29, 1.82) is 0 Å². The number of ether oxygens (including phenoxy) is 3. The quantitative estimate of drug-likeness (QED) is 0.519. The summed E-state index contributed by atoms with van der Waals surface area (Å²) in [6.45, 7) is 3.65. The van der Waals surface area contributed by atoms with Crippen LogP contribution in [0.15, 0.2) is 42.5 Å². The van der Waals surface area contributed by atoms with E-state index in [0.29, 0.717) is 21.8 Å². The number of aryl methyl sites for hydroxylation is 1. The minimum atomic E-state index is -0.720. The first-order valence-electron chi connectivity index (χ1n) is 8.43. The van der Waals surface area contributed by atoms with Crippen molar-refractivity contribution in [2.24, 2.45) is 0 Å². The molecular formula is C20H22O4S2. The van der Waals surface area contributed by atoms with Crippen molar-refractivity contribution in [3.05, 3.63) is 53.6 Å². The van der Waals surface area contributed by atoms with Crippen LogP contribution in [0.25, 0.3) is 0 Å². The van der Waals surface area contributed by atoms with Gasteiger partial charge >= 0.3 is 5.97 Å². The lowest BCUT2D eigenvalue weighted by atomic mass is 10.2. The Labute approximate surface area is 162 Å². The maximum Gasteiger partial charge on any atom is 0.352 e. The molecule has 0 radical (unpaired) electrons. The number of thioether (sulfide) groups is 2. The summed E-state index contributed by atoms with van der Waals surface area (Å²) in [5, 5.41) is 0. The first-order chi connectivity index (χ1) is 12.6. The second kappa shape index (κ2) is 8.73. The molecule has 0 N–H and O–H groups in total. The molecule has 1 saturated heterocycles. The number of hydrogen-bond acceptors (Lipinski definition) is 6. The van der Waals surface area contributed by atoms with Gasteiger partial charge in [-0.05, 0) is 49.2 Å². The molecule has 1 fully saturated rings. The third kappa shape index (κ3) is 4.68. The smallest absolute Gasteiger partial charge is 0.352 e. The van der Waals surface area contributed by atoms with Crippen LogP contribution in [0.5, 0.6) is 17.2 Å². The molecule has 1 heterocycles. The summed E-state index contributed by atoms with van der Waals surface area (Å²) >= 11 is 3.84. The summed E-state index contributed by atoms with van der Waals surface area (Å²) in [5.74, 6) is 3.47. The molecule has 6 heteroatoms. The second-order valence-electron chi connectivity index (χ2n) is 5.98. The predicted octanol–water partition coefficient (Wildman–Crippen LogP) is 4.86. The van der Waals surface area contributed by atoms with Gasteiger partial charge in [0.15, 0.2) is 17.6 Å². The number of rotatable bonds is 6. The summed E-state index contributed by atoms with van der Waals surface area (Å²) in [6.07, 6.45) is -0.720. The van der Waals surface area contributed by atoms with Crippen molar-refractivity contribution >= 4 is 29.5 Å². The molecular weight excluding hydrogens is 368 g/mol. The Morgan fingerprint density at radius 2 is 1.88 bits per heavy atom. The molecule has 0 aliphatic carbocycles. The fourth-order valence-corrected chi connectivity index (χ4v) is 5.44. The summed E-state index contributed by atoms with van der Waals surface area (Å²) in [5.41, 5.74) is 2.25. The SMILES string of the molecule is COc1cc(C2SCCS2)ccc1OC(=O)[C@H](C)Oc1cccc(C)c1. The Bertz CT molecular complexity index is 772. The molecule has 2 aromatic rings. The zero-order valence-corrected chi connectivity index (χ0v) is 16.7. The lowest BCUT2D eigenvalue weighted by Crippen LogP contribution is -2.28. The third-order valence-electron chi connectivity index (χ3n) is 3.93. The fourth-order valence-electron chi connectivity index (χ4n) is 2.60. The minimum absolute atomic E-state index is 0.411. The fraction of sp³-hybridized carbons (Fsp3) is 0.350. The number of esters is 1. The van der Waals surface area contributed by atoms with Gasteiger partial charge < -0.3 is 14.2 Å². The summed E-state index contributed by atoms with van der Waals surface area (Å²) in [7, 11) is 1.58. The Morgan fingerprint density at radius 1 is 1.12 bits per heavy atom. The highest BCUT2D eigenvalue weighted by Gasteiger charge is 2.22. The molecule has 3 rings (SSSR count). The van der Waals surface area contributed by atoms with E-state index in [9.17, 15) is 4.79 Å². The Morgan fingerprint density at radius 3 is 2.58 bits per heavy atom. The monoisotopic (exact) mass is 390 g/mol. The standard InChI is InChI=1S/C20H22O4S2/c1-13-5-4-6-16(11-13)23-14(2)19(21)24-17-8-7-15(12-18(17)22-3)20-25-9-10-26-20/h4-8,11-12,14,20H,9-10H2,1-3H3/t14-/m0/s1. The topological polar surface area (TPSA) is 44.8 Å². The van der Waals surface area contributed by atoms with Crippen LogP contribution in [-0.4, -0.2) is 30.7 Å². The van der Waals surface area contributed by atoms with Crippen LogP contribution in [0, 0.1) is 6.92 Å². The molecule has 1 aliphatic rings. The van der Waals surface area contributed by atoms with E-state index >= 15 is 0 Å². The van der Waals surface area contributed by atoms with Gasteiger partial charge in [-0.3, -0.25) is 0 Å². The molecule has 0 saturated carbocycles. The van der Waals surface area contributed by atoms with E-state index in [-0.39, 0.29) is 0 Å².